The molecule has 0 unspecified atom stereocenters. The summed E-state index contributed by atoms with van der Waals surface area (Å²) in [6.45, 7) is 13.5. The molecule has 5 heteroatoms. The molecule has 0 spiro atoms. The first-order valence-electron chi connectivity index (χ1n) is 11.5. The van der Waals surface area contributed by atoms with Crippen LogP contribution in [-0.2, 0) is 24.1 Å². The average Bonchev–Trinajstić information content (AvgIpc) is 3.12. The zero-order valence-corrected chi connectivity index (χ0v) is 20.4. The van der Waals surface area contributed by atoms with Gasteiger partial charge in [-0.05, 0) is 60.6 Å². The van der Waals surface area contributed by atoms with E-state index < -0.39 is 0 Å². The fraction of sp³-hybridized carbons (Fsp3) is 0.615. The Balaban J connectivity index is 1.87. The van der Waals surface area contributed by atoms with Crippen LogP contribution in [0.3, 0.4) is 0 Å². The Morgan fingerprint density at radius 2 is 1.81 bits per heavy atom. The number of fused-ring (bicyclic) bond motifs is 1. The van der Waals surface area contributed by atoms with Gasteiger partial charge in [0.2, 0.25) is 0 Å². The predicted octanol–water partition coefficient (Wildman–Crippen LogP) is 5.45. The number of hydrogen-bond donors (Lipinski definition) is 0. The number of hydrogen-bond acceptors (Lipinski definition) is 5. The van der Waals surface area contributed by atoms with Crippen LogP contribution in [0.5, 0.6) is 0 Å². The van der Waals surface area contributed by atoms with Crippen molar-refractivity contribution in [3.05, 3.63) is 35.2 Å². The fourth-order valence-corrected chi connectivity index (χ4v) is 4.10. The number of pyridine rings is 1. The van der Waals surface area contributed by atoms with Crippen LogP contribution in [0.25, 0.3) is 11.5 Å². The van der Waals surface area contributed by atoms with Crippen molar-refractivity contribution in [2.45, 2.75) is 80.1 Å². The summed E-state index contributed by atoms with van der Waals surface area (Å²) in [4.78, 5) is 29.0. The second kappa shape index (κ2) is 9.05. The molecule has 0 saturated heterocycles. The van der Waals surface area contributed by atoms with Crippen molar-refractivity contribution >= 4 is 11.6 Å². The molecule has 2 aromatic rings. The Bertz CT molecular complexity index is 937. The van der Waals surface area contributed by atoms with Crippen molar-refractivity contribution in [1.29, 1.82) is 0 Å². The molecule has 0 saturated carbocycles. The Hall–Kier alpha value is -2.30. The molecule has 3 rings (SSSR count). The lowest BCUT2D eigenvalue weighted by atomic mass is 9.89. The first-order valence-corrected chi connectivity index (χ1v) is 11.5. The van der Waals surface area contributed by atoms with E-state index in [-0.39, 0.29) is 11.2 Å². The van der Waals surface area contributed by atoms with E-state index in [1.54, 1.807) is 0 Å². The largest absolute Gasteiger partial charge is 0.352 e. The number of aryl methyl sites for hydroxylation is 2. The quantitative estimate of drug-likeness (QED) is 0.594. The maximum atomic E-state index is 12.6. The number of aromatic nitrogens is 3. The average molecular weight is 423 g/mol. The zero-order chi connectivity index (χ0) is 22.8. The van der Waals surface area contributed by atoms with Crippen LogP contribution in [0.15, 0.2) is 18.3 Å². The molecule has 1 aliphatic carbocycles. The first-order chi connectivity index (χ1) is 14.4. The van der Waals surface area contributed by atoms with Crippen molar-refractivity contribution in [1.82, 2.24) is 15.0 Å². The third-order valence-electron chi connectivity index (χ3n) is 5.63. The normalized spacial score (nSPS) is 13.9. The van der Waals surface area contributed by atoms with Gasteiger partial charge in [0.05, 0.1) is 6.54 Å². The first kappa shape index (κ1) is 23.4. The van der Waals surface area contributed by atoms with Gasteiger partial charge in [-0.3, -0.25) is 9.78 Å². The molecule has 0 N–H and O–H groups in total. The van der Waals surface area contributed by atoms with Crippen molar-refractivity contribution in [3.8, 4) is 11.5 Å². The van der Waals surface area contributed by atoms with Gasteiger partial charge < -0.3 is 4.90 Å². The molecule has 0 atom stereocenters. The lowest BCUT2D eigenvalue weighted by Crippen LogP contribution is -2.30. The molecular weight excluding hydrogens is 384 g/mol. The van der Waals surface area contributed by atoms with E-state index >= 15 is 0 Å². The van der Waals surface area contributed by atoms with E-state index in [9.17, 15) is 4.79 Å². The van der Waals surface area contributed by atoms with Crippen molar-refractivity contribution in [3.63, 3.8) is 0 Å². The zero-order valence-electron chi connectivity index (χ0n) is 20.4. The number of Topliss-reactive ketones (excluding diaryl/α,β-unsaturated/α-hetero) is 1. The second-order valence-corrected chi connectivity index (χ2v) is 11.4. The number of rotatable bonds is 7. The van der Waals surface area contributed by atoms with E-state index in [0.717, 1.165) is 49.3 Å². The molecule has 0 aliphatic heterocycles. The van der Waals surface area contributed by atoms with Crippen LogP contribution in [0.2, 0.25) is 0 Å². The molecule has 2 aromatic heterocycles. The van der Waals surface area contributed by atoms with Crippen molar-refractivity contribution < 1.29 is 4.79 Å². The molecule has 168 valence electrons. The highest BCUT2D eigenvalue weighted by Gasteiger charge is 2.24. The SMILES string of the molecule is CN(CC(=O)CC(C)(C)C)c1nc(-c2cc(CCC(C)(C)C)ccn2)nc2c1CCC2. The Kier molecular flexibility index (Phi) is 6.82. The van der Waals surface area contributed by atoms with Gasteiger partial charge >= 0.3 is 0 Å². The summed E-state index contributed by atoms with van der Waals surface area (Å²) in [5, 5.41) is 0. The van der Waals surface area contributed by atoms with Crippen LogP contribution in [0.1, 0.15) is 77.6 Å². The minimum absolute atomic E-state index is 0.00584. The maximum absolute atomic E-state index is 12.6. The van der Waals surface area contributed by atoms with E-state index in [1.165, 1.54) is 11.1 Å². The Morgan fingerprint density at radius 3 is 2.48 bits per heavy atom. The summed E-state index contributed by atoms with van der Waals surface area (Å²) >= 11 is 0. The molecular formula is C26H38N4O. The van der Waals surface area contributed by atoms with Crippen LogP contribution < -0.4 is 4.90 Å². The molecule has 0 amide bonds. The Morgan fingerprint density at radius 1 is 1.06 bits per heavy atom. The van der Waals surface area contributed by atoms with Gasteiger partial charge in [0.1, 0.15) is 11.5 Å². The van der Waals surface area contributed by atoms with Crippen LogP contribution >= 0.6 is 0 Å². The van der Waals surface area contributed by atoms with Gasteiger partial charge in [0.15, 0.2) is 11.6 Å². The van der Waals surface area contributed by atoms with Gasteiger partial charge in [0.25, 0.3) is 0 Å². The van der Waals surface area contributed by atoms with Gasteiger partial charge in [-0.1, -0.05) is 41.5 Å². The van der Waals surface area contributed by atoms with Crippen LogP contribution in [0.4, 0.5) is 5.82 Å². The third kappa shape index (κ3) is 6.59. The van der Waals surface area contributed by atoms with E-state index in [1.807, 2.05) is 18.1 Å². The van der Waals surface area contributed by atoms with Gasteiger partial charge in [-0.2, -0.15) is 0 Å². The highest BCUT2D eigenvalue weighted by Crippen LogP contribution is 2.31. The van der Waals surface area contributed by atoms with Gasteiger partial charge in [-0.15, -0.1) is 0 Å². The fourth-order valence-electron chi connectivity index (χ4n) is 4.10. The van der Waals surface area contributed by atoms with E-state index in [4.69, 9.17) is 9.97 Å². The minimum atomic E-state index is -0.00584. The molecule has 0 bridgehead atoms. The molecule has 0 fully saturated rings. The monoisotopic (exact) mass is 422 g/mol. The van der Waals surface area contributed by atoms with E-state index in [2.05, 4.69) is 58.7 Å². The number of carbonyl (C=O) groups is 1. The summed E-state index contributed by atoms with van der Waals surface area (Å²) in [6, 6.07) is 4.21. The van der Waals surface area contributed by atoms with Crippen molar-refractivity contribution in [2.75, 3.05) is 18.5 Å². The van der Waals surface area contributed by atoms with E-state index in [0.29, 0.717) is 24.2 Å². The highest BCUT2D eigenvalue weighted by atomic mass is 16.1. The number of nitrogens with zero attached hydrogens (tertiary/aromatic N) is 4. The predicted molar refractivity (Wildman–Crippen MR) is 127 cm³/mol. The highest BCUT2D eigenvalue weighted by molar-refractivity contribution is 5.84. The topological polar surface area (TPSA) is 59.0 Å². The van der Waals surface area contributed by atoms with Gasteiger partial charge in [0, 0.05) is 30.9 Å². The summed E-state index contributed by atoms with van der Waals surface area (Å²) in [5.41, 5.74) is 4.67. The summed E-state index contributed by atoms with van der Waals surface area (Å²) in [6.07, 6.45) is 7.58. The van der Waals surface area contributed by atoms with Gasteiger partial charge in [-0.25, -0.2) is 9.97 Å². The standard InChI is InChI=1S/C26H38N4O/c1-25(2,3)13-11-18-12-14-27-22(15-18)23-28-21-10-8-9-20(21)24(29-23)30(7)17-19(31)16-26(4,5)6/h12,14-15H,8-11,13,16-17H2,1-7H3. The number of likely N-dealkylation sites (N-methyl/N-ethyl adjacent to an activating group) is 1. The molecule has 1 aliphatic rings. The summed E-state index contributed by atoms with van der Waals surface area (Å²) < 4.78 is 0. The van der Waals surface area contributed by atoms with Crippen LogP contribution in [0, 0.1) is 10.8 Å². The minimum Gasteiger partial charge on any atom is -0.352 e. The lowest BCUT2D eigenvalue weighted by molar-refractivity contribution is -0.119. The van der Waals surface area contributed by atoms with Crippen LogP contribution in [-0.4, -0.2) is 34.3 Å². The molecule has 5 nitrogen and oxygen atoms in total. The lowest BCUT2D eigenvalue weighted by Gasteiger charge is -2.23. The Labute approximate surface area is 187 Å². The van der Waals surface area contributed by atoms with Crippen molar-refractivity contribution in [2.24, 2.45) is 10.8 Å². The smallest absolute Gasteiger partial charge is 0.180 e. The summed E-state index contributed by atoms with van der Waals surface area (Å²) in [7, 11) is 1.97. The third-order valence-corrected chi connectivity index (χ3v) is 5.63. The number of carbonyl (C=O) groups excluding carboxylic acids is 1. The molecule has 0 radical (unpaired) electrons. The second-order valence-electron chi connectivity index (χ2n) is 11.4. The molecule has 31 heavy (non-hydrogen) atoms. The maximum Gasteiger partial charge on any atom is 0.180 e. The number of anilines is 1. The number of ketones is 1. The molecule has 2 heterocycles. The summed E-state index contributed by atoms with van der Waals surface area (Å²) in [5.74, 6) is 1.80. The molecule has 0 aromatic carbocycles.